The summed E-state index contributed by atoms with van der Waals surface area (Å²) >= 11 is 7.28. The monoisotopic (exact) mass is 294 g/mol. The number of benzene rings is 1. The van der Waals surface area contributed by atoms with Gasteiger partial charge in [0.15, 0.2) is 0 Å². The second-order valence-corrected chi connectivity index (χ2v) is 6.18. The normalized spacial score (nSPS) is 16.3. The van der Waals surface area contributed by atoms with Crippen LogP contribution in [0.3, 0.4) is 0 Å². The highest BCUT2D eigenvalue weighted by Crippen LogP contribution is 2.36. The summed E-state index contributed by atoms with van der Waals surface area (Å²) < 4.78 is 0. The van der Waals surface area contributed by atoms with Crippen molar-refractivity contribution in [2.45, 2.75) is 29.7 Å². The lowest BCUT2D eigenvalue weighted by molar-refractivity contribution is -0.133. The van der Waals surface area contributed by atoms with Gasteiger partial charge in [0.1, 0.15) is 5.54 Å². The maximum Gasteiger partial charge on any atom is 0.233 e. The second-order valence-electron chi connectivity index (χ2n) is 4.69. The van der Waals surface area contributed by atoms with Gasteiger partial charge in [-0.25, -0.2) is 0 Å². The highest BCUT2D eigenvalue weighted by molar-refractivity contribution is 8.00. The molecule has 0 spiro atoms. The largest absolute Gasteiger partial charge is 0.326 e. The molecule has 1 aromatic rings. The molecule has 2 rings (SSSR count). The van der Waals surface area contributed by atoms with Gasteiger partial charge < -0.3 is 4.90 Å². The van der Waals surface area contributed by atoms with E-state index in [0.29, 0.717) is 10.8 Å². The molecule has 1 amide bonds. The lowest BCUT2D eigenvalue weighted by Gasteiger charge is -2.42. The third-order valence-electron chi connectivity index (χ3n) is 3.58. The van der Waals surface area contributed by atoms with E-state index in [2.05, 4.69) is 6.07 Å². The third-order valence-corrected chi connectivity index (χ3v) is 4.83. The van der Waals surface area contributed by atoms with Crippen LogP contribution in [0.4, 0.5) is 0 Å². The minimum atomic E-state index is -0.558. The van der Waals surface area contributed by atoms with Crippen LogP contribution in [0.15, 0.2) is 29.2 Å². The predicted octanol–water partition coefficient (Wildman–Crippen LogP) is 3.34. The fraction of sp³-hybridized carbons (Fsp3) is 0.429. The van der Waals surface area contributed by atoms with E-state index in [1.54, 1.807) is 24.1 Å². The van der Waals surface area contributed by atoms with Crippen molar-refractivity contribution >= 4 is 29.3 Å². The lowest BCUT2D eigenvalue weighted by atomic mass is 9.77. The molecule has 0 unspecified atom stereocenters. The summed E-state index contributed by atoms with van der Waals surface area (Å²) in [7, 11) is 1.73. The third kappa shape index (κ3) is 3.05. The Bertz CT molecular complexity index is 505. The van der Waals surface area contributed by atoms with Crippen LogP contribution in [0.2, 0.25) is 5.02 Å². The molecular weight excluding hydrogens is 280 g/mol. The smallest absolute Gasteiger partial charge is 0.233 e. The first-order chi connectivity index (χ1) is 9.07. The molecule has 0 heterocycles. The summed E-state index contributed by atoms with van der Waals surface area (Å²) in [4.78, 5) is 14.7. The van der Waals surface area contributed by atoms with Crippen molar-refractivity contribution in [2.75, 3.05) is 12.8 Å². The molecular formula is C14H15ClN2OS. The van der Waals surface area contributed by atoms with Crippen LogP contribution in [0, 0.1) is 11.3 Å². The molecule has 0 aliphatic heterocycles. The molecule has 1 fully saturated rings. The standard InChI is InChI=1S/C14H15ClN2OS/c1-17(14(10-16)7-2-8-14)13(18)9-19-12-5-3-11(15)4-6-12/h3-6H,2,7-9H2,1H3. The first-order valence-corrected chi connectivity index (χ1v) is 7.50. The van der Waals surface area contributed by atoms with E-state index in [1.807, 2.05) is 12.1 Å². The Morgan fingerprint density at radius 1 is 1.47 bits per heavy atom. The molecule has 1 saturated carbocycles. The molecule has 0 N–H and O–H groups in total. The lowest BCUT2D eigenvalue weighted by Crippen LogP contribution is -2.53. The topological polar surface area (TPSA) is 44.1 Å². The summed E-state index contributed by atoms with van der Waals surface area (Å²) in [6.07, 6.45) is 2.60. The fourth-order valence-corrected chi connectivity index (χ4v) is 2.98. The van der Waals surface area contributed by atoms with Gasteiger partial charge in [0.05, 0.1) is 11.8 Å². The van der Waals surface area contributed by atoms with E-state index in [4.69, 9.17) is 11.6 Å². The molecule has 3 nitrogen and oxygen atoms in total. The van der Waals surface area contributed by atoms with E-state index in [9.17, 15) is 10.1 Å². The quantitative estimate of drug-likeness (QED) is 0.800. The van der Waals surface area contributed by atoms with E-state index < -0.39 is 5.54 Å². The van der Waals surface area contributed by atoms with Gasteiger partial charge in [-0.2, -0.15) is 5.26 Å². The van der Waals surface area contributed by atoms with Crippen LogP contribution >= 0.6 is 23.4 Å². The molecule has 0 atom stereocenters. The Hall–Kier alpha value is -1.18. The maximum absolute atomic E-state index is 12.1. The zero-order valence-corrected chi connectivity index (χ0v) is 12.3. The van der Waals surface area contributed by atoms with E-state index in [0.717, 1.165) is 24.2 Å². The number of hydrogen-bond donors (Lipinski definition) is 0. The molecule has 1 aliphatic carbocycles. The number of hydrogen-bond acceptors (Lipinski definition) is 3. The fourth-order valence-electron chi connectivity index (χ4n) is 2.05. The Morgan fingerprint density at radius 3 is 2.58 bits per heavy atom. The summed E-state index contributed by atoms with van der Waals surface area (Å²) in [6, 6.07) is 9.68. The van der Waals surface area contributed by atoms with Crippen molar-refractivity contribution in [3.8, 4) is 6.07 Å². The van der Waals surface area contributed by atoms with Crippen LogP contribution < -0.4 is 0 Å². The zero-order chi connectivity index (χ0) is 13.9. The van der Waals surface area contributed by atoms with Crippen LogP contribution in [-0.2, 0) is 4.79 Å². The Morgan fingerprint density at radius 2 is 2.11 bits per heavy atom. The number of nitrogens with zero attached hydrogens (tertiary/aromatic N) is 2. The zero-order valence-electron chi connectivity index (χ0n) is 10.7. The van der Waals surface area contributed by atoms with Crippen molar-refractivity contribution < 1.29 is 4.79 Å². The Kier molecular flexibility index (Phi) is 4.38. The molecule has 0 aromatic heterocycles. The van der Waals surface area contributed by atoms with Crippen LogP contribution in [-0.4, -0.2) is 29.1 Å². The molecule has 1 aromatic carbocycles. The number of carbonyl (C=O) groups excluding carboxylic acids is 1. The average Bonchev–Trinajstić information content (AvgIpc) is 2.37. The number of nitriles is 1. The number of thioether (sulfide) groups is 1. The van der Waals surface area contributed by atoms with Crippen molar-refractivity contribution in [1.82, 2.24) is 4.90 Å². The predicted molar refractivity (Wildman–Crippen MR) is 77.1 cm³/mol. The minimum absolute atomic E-state index is 0.00111. The second kappa shape index (κ2) is 5.85. The van der Waals surface area contributed by atoms with Gasteiger partial charge in [0, 0.05) is 17.0 Å². The Labute approximate surface area is 122 Å². The van der Waals surface area contributed by atoms with E-state index in [-0.39, 0.29) is 5.91 Å². The molecule has 19 heavy (non-hydrogen) atoms. The minimum Gasteiger partial charge on any atom is -0.326 e. The molecule has 100 valence electrons. The number of rotatable bonds is 4. The van der Waals surface area contributed by atoms with Gasteiger partial charge in [-0.3, -0.25) is 4.79 Å². The molecule has 0 saturated heterocycles. The van der Waals surface area contributed by atoms with Crippen LogP contribution in [0.1, 0.15) is 19.3 Å². The molecule has 0 radical (unpaired) electrons. The van der Waals surface area contributed by atoms with Crippen molar-refractivity contribution in [3.05, 3.63) is 29.3 Å². The maximum atomic E-state index is 12.1. The van der Waals surface area contributed by atoms with E-state index >= 15 is 0 Å². The van der Waals surface area contributed by atoms with Crippen molar-refractivity contribution in [2.24, 2.45) is 0 Å². The van der Waals surface area contributed by atoms with Gasteiger partial charge >= 0.3 is 0 Å². The SMILES string of the molecule is CN(C(=O)CSc1ccc(Cl)cc1)C1(C#N)CCC1. The summed E-state index contributed by atoms with van der Waals surface area (Å²) in [5.74, 6) is 0.350. The summed E-state index contributed by atoms with van der Waals surface area (Å²) in [5, 5.41) is 9.89. The number of amides is 1. The first-order valence-electron chi connectivity index (χ1n) is 6.14. The van der Waals surface area contributed by atoms with Crippen LogP contribution in [0.5, 0.6) is 0 Å². The van der Waals surface area contributed by atoms with Crippen molar-refractivity contribution in [3.63, 3.8) is 0 Å². The number of carbonyl (C=O) groups is 1. The van der Waals surface area contributed by atoms with Crippen molar-refractivity contribution in [1.29, 1.82) is 5.26 Å². The number of halogens is 1. The van der Waals surface area contributed by atoms with Crippen LogP contribution in [0.25, 0.3) is 0 Å². The van der Waals surface area contributed by atoms with Gasteiger partial charge in [0.25, 0.3) is 0 Å². The first kappa shape index (κ1) is 14.2. The highest BCUT2D eigenvalue weighted by Gasteiger charge is 2.43. The summed E-state index contributed by atoms with van der Waals surface area (Å²) in [5.41, 5.74) is -0.558. The average molecular weight is 295 g/mol. The molecule has 0 bridgehead atoms. The van der Waals surface area contributed by atoms with Gasteiger partial charge in [-0.1, -0.05) is 11.6 Å². The molecule has 1 aliphatic rings. The molecule has 5 heteroatoms. The van der Waals surface area contributed by atoms with E-state index in [1.165, 1.54) is 11.8 Å². The Balaban J connectivity index is 1.91. The highest BCUT2D eigenvalue weighted by atomic mass is 35.5. The van der Waals surface area contributed by atoms with Gasteiger partial charge in [-0.05, 0) is 43.5 Å². The summed E-state index contributed by atoms with van der Waals surface area (Å²) in [6.45, 7) is 0. The van der Waals surface area contributed by atoms with Gasteiger partial charge in [0.2, 0.25) is 5.91 Å². The van der Waals surface area contributed by atoms with Gasteiger partial charge in [-0.15, -0.1) is 11.8 Å².